The van der Waals surface area contributed by atoms with Crippen molar-refractivity contribution >= 4 is 0 Å². The summed E-state index contributed by atoms with van der Waals surface area (Å²) in [6.07, 6.45) is 0. The van der Waals surface area contributed by atoms with Gasteiger partial charge in [-0.2, -0.15) is 0 Å². The second-order valence-corrected chi connectivity index (χ2v) is 5.68. The molecule has 0 amide bonds. The van der Waals surface area contributed by atoms with Crippen LogP contribution in [0, 0.1) is 10.8 Å². The van der Waals surface area contributed by atoms with E-state index in [0.717, 1.165) is 0 Å². The Balaban J connectivity index is 4.27. The van der Waals surface area contributed by atoms with Crippen molar-refractivity contribution in [2.45, 2.75) is 47.4 Å². The Bertz CT molecular complexity index is 180. The average molecular weight is 206 g/mol. The van der Waals surface area contributed by atoms with Crippen molar-refractivity contribution in [3.05, 3.63) is 0 Å². The van der Waals surface area contributed by atoms with E-state index in [1.165, 1.54) is 6.92 Å². The first-order valence-electron chi connectivity index (χ1n) is 4.96. The Labute approximate surface area is 86.5 Å². The van der Waals surface area contributed by atoms with E-state index < -0.39 is 12.5 Å². The Morgan fingerprint density at radius 2 is 1.50 bits per heavy atom. The molecule has 0 radical (unpaired) electrons. The average Bonchev–Trinajstić information content (AvgIpc) is 1.99. The lowest BCUT2D eigenvalue weighted by atomic mass is 9.70. The first-order valence-corrected chi connectivity index (χ1v) is 4.96. The molecule has 0 spiro atoms. The topological polar surface area (TPSA) is 29.5 Å². The van der Waals surface area contributed by atoms with Gasteiger partial charge in [0.2, 0.25) is 5.85 Å². The number of aliphatic hydroxyl groups is 1. The van der Waals surface area contributed by atoms with Gasteiger partial charge >= 0.3 is 0 Å². The Morgan fingerprint density at radius 3 is 1.79 bits per heavy atom. The number of hydrogen-bond donors (Lipinski definition) is 1. The summed E-state index contributed by atoms with van der Waals surface area (Å²) in [5.74, 6) is -1.93. The molecular weight excluding hydrogens is 183 g/mol. The summed E-state index contributed by atoms with van der Waals surface area (Å²) < 4.78 is 18.3. The second-order valence-electron chi connectivity index (χ2n) is 5.68. The molecule has 0 aromatic heterocycles. The van der Waals surface area contributed by atoms with Crippen LogP contribution in [0.4, 0.5) is 4.39 Å². The molecule has 86 valence electrons. The lowest BCUT2D eigenvalue weighted by molar-refractivity contribution is -0.184. The Morgan fingerprint density at radius 1 is 1.07 bits per heavy atom. The van der Waals surface area contributed by atoms with Gasteiger partial charge in [-0.15, -0.1) is 0 Å². The zero-order valence-electron chi connectivity index (χ0n) is 10.1. The van der Waals surface area contributed by atoms with E-state index in [1.54, 1.807) is 0 Å². The first-order chi connectivity index (χ1) is 6.02. The van der Waals surface area contributed by atoms with Gasteiger partial charge in [-0.25, -0.2) is 4.39 Å². The molecule has 0 aromatic carbocycles. The van der Waals surface area contributed by atoms with E-state index in [9.17, 15) is 4.39 Å². The summed E-state index contributed by atoms with van der Waals surface area (Å²) in [5.41, 5.74) is -0.0892. The van der Waals surface area contributed by atoms with Crippen LogP contribution in [0.2, 0.25) is 0 Å². The van der Waals surface area contributed by atoms with E-state index in [1.807, 2.05) is 13.8 Å². The summed E-state index contributed by atoms with van der Waals surface area (Å²) in [5, 5.41) is 8.69. The minimum atomic E-state index is -1.93. The third kappa shape index (κ3) is 3.93. The fourth-order valence-electron chi connectivity index (χ4n) is 0.593. The summed E-state index contributed by atoms with van der Waals surface area (Å²) in [6, 6.07) is 0. The van der Waals surface area contributed by atoms with Crippen LogP contribution in [0.5, 0.6) is 0 Å². The molecule has 2 nitrogen and oxygen atoms in total. The highest BCUT2D eigenvalue weighted by molar-refractivity contribution is 4.82. The van der Waals surface area contributed by atoms with Gasteiger partial charge in [-0.1, -0.05) is 34.6 Å². The van der Waals surface area contributed by atoms with Gasteiger partial charge in [0.15, 0.2) is 0 Å². The summed E-state index contributed by atoms with van der Waals surface area (Å²) in [7, 11) is 0. The maximum atomic E-state index is 13.3. The van der Waals surface area contributed by atoms with Crippen molar-refractivity contribution in [3.63, 3.8) is 0 Å². The van der Waals surface area contributed by atoms with E-state index >= 15 is 0 Å². The van der Waals surface area contributed by atoms with E-state index in [4.69, 9.17) is 9.84 Å². The maximum Gasteiger partial charge on any atom is 0.229 e. The SMILES string of the molecule is CC(F)(CO)OCC(C)(C)C(C)(C)C. The maximum absolute atomic E-state index is 13.3. The lowest BCUT2D eigenvalue weighted by Crippen LogP contribution is -2.39. The number of ether oxygens (including phenoxy) is 1. The summed E-state index contributed by atoms with van der Waals surface area (Å²) in [4.78, 5) is 0. The predicted octanol–water partition coefficient (Wildman–Crippen LogP) is 2.75. The molecule has 0 heterocycles. The van der Waals surface area contributed by atoms with Gasteiger partial charge < -0.3 is 9.84 Å². The van der Waals surface area contributed by atoms with Crippen molar-refractivity contribution in [1.82, 2.24) is 0 Å². The van der Waals surface area contributed by atoms with Crippen molar-refractivity contribution < 1.29 is 14.2 Å². The molecule has 0 aliphatic carbocycles. The highest BCUT2D eigenvalue weighted by Gasteiger charge is 2.35. The number of aliphatic hydroxyl groups excluding tert-OH is 1. The molecule has 1 N–H and O–H groups in total. The van der Waals surface area contributed by atoms with Gasteiger partial charge in [0.1, 0.15) is 6.61 Å². The number of hydrogen-bond acceptors (Lipinski definition) is 2. The molecule has 0 saturated heterocycles. The second kappa shape index (κ2) is 4.15. The third-order valence-corrected chi connectivity index (χ3v) is 3.05. The van der Waals surface area contributed by atoms with Gasteiger partial charge in [-0.3, -0.25) is 0 Å². The van der Waals surface area contributed by atoms with Crippen LogP contribution in [0.1, 0.15) is 41.5 Å². The molecule has 0 aromatic rings. The smallest absolute Gasteiger partial charge is 0.229 e. The Kier molecular flexibility index (Phi) is 4.11. The minimum absolute atomic E-state index is 0.0402. The highest BCUT2D eigenvalue weighted by Crippen LogP contribution is 2.38. The molecule has 0 aliphatic heterocycles. The monoisotopic (exact) mass is 206 g/mol. The van der Waals surface area contributed by atoms with Crippen LogP contribution in [0.15, 0.2) is 0 Å². The lowest BCUT2D eigenvalue weighted by Gasteiger charge is -2.39. The van der Waals surface area contributed by atoms with Crippen LogP contribution in [-0.4, -0.2) is 24.2 Å². The van der Waals surface area contributed by atoms with E-state index in [0.29, 0.717) is 6.61 Å². The summed E-state index contributed by atoms with van der Waals surface area (Å²) >= 11 is 0. The molecule has 1 unspecified atom stereocenters. The Hall–Kier alpha value is -0.150. The fraction of sp³-hybridized carbons (Fsp3) is 1.00. The molecular formula is C11H23FO2. The molecule has 0 saturated carbocycles. The molecule has 0 rings (SSSR count). The van der Waals surface area contributed by atoms with E-state index in [-0.39, 0.29) is 10.8 Å². The molecule has 0 aliphatic rings. The fourth-order valence-corrected chi connectivity index (χ4v) is 0.593. The number of rotatable bonds is 4. The van der Waals surface area contributed by atoms with Crippen molar-refractivity contribution in [1.29, 1.82) is 0 Å². The first kappa shape index (κ1) is 13.8. The van der Waals surface area contributed by atoms with Crippen molar-refractivity contribution in [2.24, 2.45) is 10.8 Å². The van der Waals surface area contributed by atoms with Crippen molar-refractivity contribution in [3.8, 4) is 0 Å². The quantitative estimate of drug-likeness (QED) is 0.766. The van der Waals surface area contributed by atoms with Gasteiger partial charge in [0.25, 0.3) is 0 Å². The van der Waals surface area contributed by atoms with Crippen molar-refractivity contribution in [2.75, 3.05) is 13.2 Å². The molecule has 14 heavy (non-hydrogen) atoms. The van der Waals surface area contributed by atoms with Crippen LogP contribution < -0.4 is 0 Å². The number of halogens is 1. The van der Waals surface area contributed by atoms with E-state index in [2.05, 4.69) is 20.8 Å². The standard InChI is InChI=1S/C11H23FO2/c1-9(2,3)10(4,5)8-14-11(6,12)7-13/h13H,7-8H2,1-6H3. The molecule has 0 fully saturated rings. The van der Waals surface area contributed by atoms with Gasteiger partial charge in [-0.05, 0) is 17.8 Å². The van der Waals surface area contributed by atoms with Crippen LogP contribution in [0.25, 0.3) is 0 Å². The third-order valence-electron chi connectivity index (χ3n) is 3.05. The normalized spacial score (nSPS) is 18.0. The zero-order chi connectivity index (χ0) is 11.6. The number of alkyl halides is 1. The highest BCUT2D eigenvalue weighted by atomic mass is 19.2. The summed E-state index contributed by atoms with van der Waals surface area (Å²) in [6.45, 7) is 11.3. The van der Waals surface area contributed by atoms with Crippen LogP contribution in [0.3, 0.4) is 0 Å². The molecule has 0 bridgehead atoms. The molecule has 3 heteroatoms. The zero-order valence-corrected chi connectivity index (χ0v) is 10.1. The minimum Gasteiger partial charge on any atom is -0.390 e. The van der Waals surface area contributed by atoms with Gasteiger partial charge in [0.05, 0.1) is 6.61 Å². The van der Waals surface area contributed by atoms with Gasteiger partial charge in [0, 0.05) is 0 Å². The molecule has 1 atom stereocenters. The largest absolute Gasteiger partial charge is 0.390 e. The predicted molar refractivity (Wildman–Crippen MR) is 55.8 cm³/mol. The van der Waals surface area contributed by atoms with Crippen LogP contribution in [-0.2, 0) is 4.74 Å². The van der Waals surface area contributed by atoms with Crippen LogP contribution >= 0.6 is 0 Å².